The van der Waals surface area contributed by atoms with Gasteiger partial charge in [0.1, 0.15) is 0 Å². The molecule has 0 heterocycles. The summed E-state index contributed by atoms with van der Waals surface area (Å²) in [5, 5.41) is 20.3. The molecule has 0 bridgehead atoms. The molecule has 3 aliphatic rings. The molecule has 3 N–H and O–H groups in total. The molecule has 0 amide bonds. The summed E-state index contributed by atoms with van der Waals surface area (Å²) in [7, 11) is -1.75. The van der Waals surface area contributed by atoms with Crippen LogP contribution < -0.4 is 0 Å². The number of allylic oxidation sites excluding steroid dienone is 3. The summed E-state index contributed by atoms with van der Waals surface area (Å²) in [4.78, 5) is 1.09. The fourth-order valence-electron chi connectivity index (χ4n) is 7.07. The second kappa shape index (κ2) is 10.2. The Kier molecular flexibility index (Phi) is 7.61. The predicted molar refractivity (Wildman–Crippen MR) is 145 cm³/mol. The Morgan fingerprint density at radius 2 is 1.94 bits per heavy atom. The Morgan fingerprint density at radius 3 is 2.68 bits per heavy atom. The number of aliphatic hydroxyl groups excluding tert-OH is 2. The molecule has 3 saturated carbocycles. The Bertz CT molecular complexity index is 1050. The van der Waals surface area contributed by atoms with Crippen molar-refractivity contribution in [2.45, 2.75) is 82.3 Å². The third-order valence-electron chi connectivity index (χ3n) is 9.11. The minimum atomic E-state index is -1.75. The molecule has 4 heteroatoms. The third-order valence-corrected chi connectivity index (χ3v) is 11.2. The average Bonchev–Trinajstić information content (AvgIpc) is 3.17. The number of benzene rings is 1. The highest BCUT2D eigenvalue weighted by atomic mass is 32.2. The highest BCUT2D eigenvalue weighted by Crippen LogP contribution is 2.59. The lowest BCUT2D eigenvalue weighted by molar-refractivity contribution is 0.0861. The number of hydrogen-bond donors (Lipinski definition) is 3. The van der Waals surface area contributed by atoms with Crippen molar-refractivity contribution in [3.63, 3.8) is 0 Å². The molecule has 1 aromatic rings. The van der Waals surface area contributed by atoms with Crippen LogP contribution in [0.2, 0.25) is 0 Å². The van der Waals surface area contributed by atoms with Crippen LogP contribution in [0.3, 0.4) is 0 Å². The highest BCUT2D eigenvalue weighted by molar-refractivity contribution is 8.01. The molecular weight excluding hydrogens is 438 g/mol. The van der Waals surface area contributed by atoms with Gasteiger partial charge in [0.25, 0.3) is 0 Å². The Labute approximate surface area is 207 Å². The fourth-order valence-corrected chi connectivity index (χ4v) is 8.75. The van der Waals surface area contributed by atoms with E-state index in [0.29, 0.717) is 36.0 Å². The van der Waals surface area contributed by atoms with Crippen molar-refractivity contribution in [3.8, 4) is 0 Å². The quantitative estimate of drug-likeness (QED) is 0.403. The second-order valence-corrected chi connectivity index (χ2v) is 14.0. The maximum atomic E-state index is 10.2. The first-order chi connectivity index (χ1) is 16.1. The van der Waals surface area contributed by atoms with E-state index in [1.54, 1.807) is 5.57 Å². The second-order valence-electron chi connectivity index (χ2n) is 11.3. The van der Waals surface area contributed by atoms with Gasteiger partial charge < -0.3 is 10.2 Å². The van der Waals surface area contributed by atoms with Crippen molar-refractivity contribution in [1.29, 1.82) is 4.78 Å². The number of hydrogen-bond acceptors (Lipinski definition) is 3. The maximum absolute atomic E-state index is 10.2. The van der Waals surface area contributed by atoms with Crippen LogP contribution >= 0.6 is 0 Å². The SMILES string of the molecule is C=C1/C(=C\C=C2/CCC[C@]3(C)[C@@H]([C@H](C)CCS(=C)(=N)c4ccccc4)CC[C@@H]23)C[C@@H](O)C[C@@H]1O. The van der Waals surface area contributed by atoms with E-state index >= 15 is 0 Å². The van der Waals surface area contributed by atoms with Crippen LogP contribution in [0, 0.1) is 27.9 Å². The van der Waals surface area contributed by atoms with Crippen molar-refractivity contribution >= 4 is 15.3 Å². The number of rotatable bonds is 6. The molecule has 0 saturated heterocycles. The molecule has 0 aliphatic heterocycles. The van der Waals surface area contributed by atoms with E-state index in [1.165, 1.54) is 25.7 Å². The van der Waals surface area contributed by atoms with E-state index in [9.17, 15) is 10.2 Å². The largest absolute Gasteiger partial charge is 0.393 e. The lowest BCUT2D eigenvalue weighted by Crippen LogP contribution is -2.36. The van der Waals surface area contributed by atoms with E-state index in [4.69, 9.17) is 4.78 Å². The first-order valence-electron chi connectivity index (χ1n) is 13.0. The summed E-state index contributed by atoms with van der Waals surface area (Å²) in [6, 6.07) is 10.2. The average molecular weight is 482 g/mol. The monoisotopic (exact) mass is 481 g/mol. The van der Waals surface area contributed by atoms with Crippen molar-refractivity contribution in [1.82, 2.24) is 0 Å². The van der Waals surface area contributed by atoms with Gasteiger partial charge in [0.05, 0.1) is 12.2 Å². The zero-order valence-corrected chi connectivity index (χ0v) is 21.8. The van der Waals surface area contributed by atoms with Crippen LogP contribution in [-0.4, -0.2) is 34.0 Å². The smallest absolute Gasteiger partial charge is 0.0811 e. The summed E-state index contributed by atoms with van der Waals surface area (Å²) in [5.41, 5.74) is 3.63. The van der Waals surface area contributed by atoms with E-state index in [-0.39, 0.29) is 0 Å². The predicted octanol–water partition coefficient (Wildman–Crippen LogP) is 6.56. The van der Waals surface area contributed by atoms with Gasteiger partial charge in [0.15, 0.2) is 0 Å². The van der Waals surface area contributed by atoms with Crippen molar-refractivity contribution < 1.29 is 10.2 Å². The highest BCUT2D eigenvalue weighted by Gasteiger charge is 2.50. The van der Waals surface area contributed by atoms with E-state index in [1.807, 2.05) is 18.2 Å². The molecule has 3 fully saturated rings. The zero-order chi connectivity index (χ0) is 24.5. The molecule has 0 aromatic heterocycles. The van der Waals surface area contributed by atoms with Crippen LogP contribution in [0.4, 0.5) is 0 Å². The minimum Gasteiger partial charge on any atom is -0.393 e. The lowest BCUT2D eigenvalue weighted by Gasteiger charge is -2.44. The van der Waals surface area contributed by atoms with E-state index < -0.39 is 21.6 Å². The molecule has 0 radical (unpaired) electrons. The van der Waals surface area contributed by atoms with Gasteiger partial charge in [0.2, 0.25) is 0 Å². The first kappa shape index (κ1) is 25.5. The number of nitrogens with one attached hydrogen (secondary N) is 1. The van der Waals surface area contributed by atoms with Crippen molar-refractivity contribution in [3.05, 3.63) is 65.8 Å². The van der Waals surface area contributed by atoms with E-state index in [2.05, 4.69) is 50.6 Å². The summed E-state index contributed by atoms with van der Waals surface area (Å²) >= 11 is 0. The molecule has 4 rings (SSSR count). The summed E-state index contributed by atoms with van der Waals surface area (Å²) in [6.45, 7) is 9.00. The Hall–Kier alpha value is -1.62. The standard InChI is InChI=1S/C30H43NO2S/c1-21(16-18-34(4,31)26-10-6-5-7-11-26)27-14-15-28-23(9-8-17-30(27,28)3)12-13-24-19-25(32)20-29(33)22(24)2/h5-7,10-13,21,25,27-29,31-33H,2,4,8-9,14-20H2,1,3H3/b23-12+,24-13-/t21-,25-,27-,28+,29+,30-,34?/m1/s1. The van der Waals surface area contributed by atoms with Crippen LogP contribution in [0.5, 0.6) is 0 Å². The van der Waals surface area contributed by atoms with Gasteiger partial charge in [0, 0.05) is 17.1 Å². The number of aliphatic hydroxyl groups is 2. The minimum absolute atomic E-state index is 0.318. The third kappa shape index (κ3) is 5.15. The van der Waals surface area contributed by atoms with Gasteiger partial charge in [-0.25, -0.2) is 0 Å². The topological polar surface area (TPSA) is 64.3 Å². The van der Waals surface area contributed by atoms with Gasteiger partial charge in [-0.15, -0.1) is 9.41 Å². The van der Waals surface area contributed by atoms with Gasteiger partial charge in [-0.2, -0.15) is 0 Å². The maximum Gasteiger partial charge on any atom is 0.0811 e. The molecule has 7 atom stereocenters. The Balaban J connectivity index is 1.46. The van der Waals surface area contributed by atoms with Crippen LogP contribution in [0.1, 0.15) is 65.2 Å². The van der Waals surface area contributed by atoms with Crippen LogP contribution in [-0.2, 0) is 9.41 Å². The molecule has 0 spiro atoms. The summed E-state index contributed by atoms with van der Waals surface area (Å²) in [6.07, 6.45) is 11.5. The normalized spacial score (nSPS) is 36.9. The fraction of sp³-hybridized carbons (Fsp3) is 0.567. The van der Waals surface area contributed by atoms with Crippen molar-refractivity contribution in [2.24, 2.45) is 23.2 Å². The van der Waals surface area contributed by atoms with Gasteiger partial charge in [-0.3, -0.25) is 4.78 Å². The Morgan fingerprint density at radius 1 is 1.21 bits per heavy atom. The summed E-state index contributed by atoms with van der Waals surface area (Å²) in [5.74, 6) is 7.09. The molecule has 1 unspecified atom stereocenters. The summed E-state index contributed by atoms with van der Waals surface area (Å²) < 4.78 is 8.90. The molecule has 3 aliphatic carbocycles. The van der Waals surface area contributed by atoms with Crippen molar-refractivity contribution in [2.75, 3.05) is 5.75 Å². The van der Waals surface area contributed by atoms with Gasteiger partial charge in [-0.05, 0) is 91.4 Å². The molecule has 1 aromatic carbocycles. The van der Waals surface area contributed by atoms with Crippen LogP contribution in [0.25, 0.3) is 0 Å². The first-order valence-corrected chi connectivity index (χ1v) is 15.0. The van der Waals surface area contributed by atoms with E-state index in [0.717, 1.165) is 34.6 Å². The lowest BCUT2D eigenvalue weighted by atomic mass is 9.61. The van der Waals surface area contributed by atoms with Crippen LogP contribution in [0.15, 0.2) is 70.7 Å². The molecular formula is C30H43NO2S. The van der Waals surface area contributed by atoms with Gasteiger partial charge in [-0.1, -0.05) is 62.2 Å². The zero-order valence-electron chi connectivity index (χ0n) is 21.0. The number of fused-ring (bicyclic) bond motifs is 1. The molecule has 34 heavy (non-hydrogen) atoms. The molecule has 3 nitrogen and oxygen atoms in total. The van der Waals surface area contributed by atoms with Gasteiger partial charge >= 0.3 is 0 Å². The molecule has 186 valence electrons.